The van der Waals surface area contributed by atoms with E-state index < -0.39 is 0 Å². The van der Waals surface area contributed by atoms with Crippen LogP contribution in [0.4, 0.5) is 0 Å². The first-order valence-electron chi connectivity index (χ1n) is 5.71. The number of nitrogens with one attached hydrogen (secondary N) is 1. The van der Waals surface area contributed by atoms with Crippen LogP contribution in [0.3, 0.4) is 0 Å². The van der Waals surface area contributed by atoms with E-state index in [4.69, 9.17) is 0 Å². The zero-order valence-electron chi connectivity index (χ0n) is 10.3. The molecular weight excluding hydrogens is 204 g/mol. The Hall–Kier alpha value is -1.01. The van der Waals surface area contributed by atoms with Crippen molar-refractivity contribution in [2.45, 2.75) is 19.9 Å². The zero-order chi connectivity index (χ0) is 11.6. The molecule has 1 unspecified atom stereocenters. The Kier molecular flexibility index (Phi) is 3.20. The summed E-state index contributed by atoms with van der Waals surface area (Å²) in [5, 5.41) is 15.3. The van der Waals surface area contributed by atoms with Crippen molar-refractivity contribution < 1.29 is 0 Å². The van der Waals surface area contributed by atoms with E-state index in [-0.39, 0.29) is 0 Å². The quantitative estimate of drug-likeness (QED) is 0.757. The molecule has 1 aliphatic heterocycles. The third-order valence-electron chi connectivity index (χ3n) is 3.16. The van der Waals surface area contributed by atoms with Gasteiger partial charge in [-0.15, -0.1) is 10.2 Å². The summed E-state index contributed by atoms with van der Waals surface area (Å²) in [6.45, 7) is 6.43. The number of rotatable bonds is 4. The van der Waals surface area contributed by atoms with Gasteiger partial charge >= 0.3 is 0 Å². The van der Waals surface area contributed by atoms with E-state index in [1.807, 2.05) is 7.05 Å². The summed E-state index contributed by atoms with van der Waals surface area (Å²) in [4.78, 5) is 3.91. The highest BCUT2D eigenvalue weighted by Crippen LogP contribution is 2.29. The molecule has 90 valence electrons. The van der Waals surface area contributed by atoms with Gasteiger partial charge in [0.2, 0.25) is 0 Å². The molecule has 2 rings (SSSR count). The Labute approximate surface area is 96.0 Å². The van der Waals surface area contributed by atoms with E-state index in [2.05, 4.69) is 32.6 Å². The van der Waals surface area contributed by atoms with Crippen molar-refractivity contribution >= 4 is 0 Å². The molecular formula is C10H20N6. The van der Waals surface area contributed by atoms with Crippen molar-refractivity contribution in [2.75, 3.05) is 26.7 Å². The smallest absolute Gasteiger partial charge is 0.188 e. The summed E-state index contributed by atoms with van der Waals surface area (Å²) in [6, 6.07) is 0. The largest absolute Gasteiger partial charge is 0.319 e. The van der Waals surface area contributed by atoms with Crippen LogP contribution in [0, 0.1) is 5.41 Å². The highest BCUT2D eigenvalue weighted by atomic mass is 15.6. The number of likely N-dealkylation sites (tertiary alicyclic amines) is 1. The van der Waals surface area contributed by atoms with Crippen LogP contribution in [-0.4, -0.2) is 51.8 Å². The molecule has 1 aliphatic rings. The summed E-state index contributed by atoms with van der Waals surface area (Å²) in [5.41, 5.74) is 0.386. The monoisotopic (exact) mass is 224 g/mol. The highest BCUT2D eigenvalue weighted by molar-refractivity contribution is 4.90. The molecule has 1 atom stereocenters. The van der Waals surface area contributed by atoms with Crippen molar-refractivity contribution in [3.05, 3.63) is 5.82 Å². The van der Waals surface area contributed by atoms with E-state index in [1.165, 1.54) is 11.2 Å². The van der Waals surface area contributed by atoms with Crippen LogP contribution in [0.5, 0.6) is 0 Å². The number of hydrogen-bond donors (Lipinski definition) is 1. The van der Waals surface area contributed by atoms with Gasteiger partial charge in [0.25, 0.3) is 0 Å². The average Bonchev–Trinajstić information content (AvgIpc) is 2.75. The maximum absolute atomic E-state index is 4.21. The molecule has 0 radical (unpaired) electrons. The second-order valence-corrected chi connectivity index (χ2v) is 5.00. The molecule has 1 aromatic heterocycles. The molecule has 0 aliphatic carbocycles. The van der Waals surface area contributed by atoms with Crippen molar-refractivity contribution in [3.8, 4) is 0 Å². The van der Waals surface area contributed by atoms with E-state index in [1.54, 1.807) is 7.05 Å². The Morgan fingerprint density at radius 1 is 1.50 bits per heavy atom. The standard InChI is InChI=1S/C10H20N6/c1-10(7-11-2)4-5-16(8-10)6-9-12-14-15(3)13-9/h11H,4-8H2,1-3H3. The lowest BCUT2D eigenvalue weighted by Gasteiger charge is -2.23. The highest BCUT2D eigenvalue weighted by Gasteiger charge is 2.33. The SMILES string of the molecule is CNCC1(C)CCN(Cc2nnn(C)n2)C1. The maximum Gasteiger partial charge on any atom is 0.188 e. The van der Waals surface area contributed by atoms with Gasteiger partial charge in [-0.3, -0.25) is 4.90 Å². The summed E-state index contributed by atoms with van der Waals surface area (Å²) in [5.74, 6) is 0.816. The summed E-state index contributed by atoms with van der Waals surface area (Å²) >= 11 is 0. The second-order valence-electron chi connectivity index (χ2n) is 5.00. The van der Waals surface area contributed by atoms with Gasteiger partial charge in [0.05, 0.1) is 13.6 Å². The van der Waals surface area contributed by atoms with Gasteiger partial charge in [0, 0.05) is 13.1 Å². The minimum atomic E-state index is 0.386. The first-order chi connectivity index (χ1) is 7.61. The predicted octanol–water partition coefficient (Wildman–Crippen LogP) is -0.358. The third-order valence-corrected chi connectivity index (χ3v) is 3.16. The molecule has 0 amide bonds. The molecule has 0 bridgehead atoms. The van der Waals surface area contributed by atoms with Crippen LogP contribution in [0.2, 0.25) is 0 Å². The van der Waals surface area contributed by atoms with Crippen LogP contribution in [0.1, 0.15) is 19.2 Å². The van der Waals surface area contributed by atoms with Crippen molar-refractivity contribution in [1.82, 2.24) is 30.4 Å². The van der Waals surface area contributed by atoms with Gasteiger partial charge in [-0.1, -0.05) is 6.92 Å². The lowest BCUT2D eigenvalue weighted by molar-refractivity contribution is 0.261. The first-order valence-corrected chi connectivity index (χ1v) is 5.71. The van der Waals surface area contributed by atoms with Gasteiger partial charge in [-0.2, -0.15) is 4.80 Å². The van der Waals surface area contributed by atoms with E-state index >= 15 is 0 Å². The molecule has 1 saturated heterocycles. The average molecular weight is 224 g/mol. The fourth-order valence-corrected chi connectivity index (χ4v) is 2.42. The fourth-order valence-electron chi connectivity index (χ4n) is 2.42. The van der Waals surface area contributed by atoms with Crippen molar-refractivity contribution in [3.63, 3.8) is 0 Å². The molecule has 1 N–H and O–H groups in total. The molecule has 2 heterocycles. The van der Waals surface area contributed by atoms with Crippen molar-refractivity contribution in [2.24, 2.45) is 12.5 Å². The number of aryl methyl sites for hydroxylation is 1. The fraction of sp³-hybridized carbons (Fsp3) is 0.900. The normalized spacial score (nSPS) is 26.4. The number of tetrazole rings is 1. The Bertz CT molecular complexity index is 349. The van der Waals surface area contributed by atoms with Crippen LogP contribution >= 0.6 is 0 Å². The van der Waals surface area contributed by atoms with Gasteiger partial charge in [-0.25, -0.2) is 0 Å². The number of nitrogens with zero attached hydrogens (tertiary/aromatic N) is 5. The molecule has 0 spiro atoms. The van der Waals surface area contributed by atoms with Crippen molar-refractivity contribution in [1.29, 1.82) is 0 Å². The van der Waals surface area contributed by atoms with Gasteiger partial charge in [0.1, 0.15) is 0 Å². The first kappa shape index (κ1) is 11.5. The van der Waals surface area contributed by atoms with Crippen LogP contribution < -0.4 is 5.32 Å². The lowest BCUT2D eigenvalue weighted by atomic mass is 9.90. The molecule has 0 saturated carbocycles. The molecule has 1 aromatic rings. The van der Waals surface area contributed by atoms with Gasteiger partial charge in [-0.05, 0) is 30.6 Å². The third kappa shape index (κ3) is 2.56. The number of hydrogen-bond acceptors (Lipinski definition) is 5. The van der Waals surface area contributed by atoms with E-state index in [9.17, 15) is 0 Å². The van der Waals surface area contributed by atoms with Crippen LogP contribution in [0.15, 0.2) is 0 Å². The Morgan fingerprint density at radius 2 is 2.31 bits per heavy atom. The van der Waals surface area contributed by atoms with Crippen LogP contribution in [-0.2, 0) is 13.6 Å². The lowest BCUT2D eigenvalue weighted by Crippen LogP contribution is -2.33. The molecule has 1 fully saturated rings. The van der Waals surface area contributed by atoms with Gasteiger partial charge in [0.15, 0.2) is 5.82 Å². The summed E-state index contributed by atoms with van der Waals surface area (Å²) in [6.07, 6.45) is 1.23. The van der Waals surface area contributed by atoms with E-state index in [0.717, 1.165) is 32.0 Å². The molecule has 6 heteroatoms. The number of aromatic nitrogens is 4. The molecule has 0 aromatic carbocycles. The Balaban J connectivity index is 1.89. The zero-order valence-corrected chi connectivity index (χ0v) is 10.3. The maximum atomic E-state index is 4.21. The van der Waals surface area contributed by atoms with Gasteiger partial charge < -0.3 is 5.32 Å². The topological polar surface area (TPSA) is 58.9 Å². The van der Waals surface area contributed by atoms with Crippen LogP contribution in [0.25, 0.3) is 0 Å². The molecule has 6 nitrogen and oxygen atoms in total. The minimum Gasteiger partial charge on any atom is -0.319 e. The Morgan fingerprint density at radius 3 is 2.94 bits per heavy atom. The second kappa shape index (κ2) is 4.47. The van der Waals surface area contributed by atoms with E-state index in [0.29, 0.717) is 5.41 Å². The summed E-state index contributed by atoms with van der Waals surface area (Å²) in [7, 11) is 3.81. The molecule has 16 heavy (non-hydrogen) atoms. The predicted molar refractivity (Wildman–Crippen MR) is 60.7 cm³/mol. The summed E-state index contributed by atoms with van der Waals surface area (Å²) < 4.78 is 0. The minimum absolute atomic E-state index is 0.386.